The summed E-state index contributed by atoms with van der Waals surface area (Å²) in [7, 11) is -3.16. The number of amides is 1. The monoisotopic (exact) mass is 338 g/mol. The molecule has 1 saturated heterocycles. The number of hydrogen-bond acceptors (Lipinski definition) is 5. The number of carbonyl (C=O) groups excluding carboxylic acids is 1. The lowest BCUT2D eigenvalue weighted by Crippen LogP contribution is -2.23. The highest BCUT2D eigenvalue weighted by atomic mass is 32.2. The van der Waals surface area contributed by atoms with Crippen molar-refractivity contribution in [1.29, 1.82) is 0 Å². The smallest absolute Gasteiger partial charge is 0.422 e. The number of sulfone groups is 1. The van der Waals surface area contributed by atoms with Crippen LogP contribution in [-0.4, -0.2) is 43.6 Å². The SMILES string of the molecule is O=C(Nc1ccc(OCC(F)(F)F)nc1)[C@H]1CCS(=O)(=O)C1. The van der Waals surface area contributed by atoms with Gasteiger partial charge in [0.15, 0.2) is 16.4 Å². The average Bonchev–Trinajstić information content (AvgIpc) is 2.77. The molecule has 1 aromatic rings. The van der Waals surface area contributed by atoms with Crippen LogP contribution in [0.4, 0.5) is 18.9 Å². The van der Waals surface area contributed by atoms with Gasteiger partial charge < -0.3 is 10.1 Å². The Labute approximate surface area is 124 Å². The largest absolute Gasteiger partial charge is 0.468 e. The molecule has 1 N–H and O–H groups in total. The molecule has 2 heterocycles. The molecular formula is C12H13F3N2O4S. The number of halogens is 3. The van der Waals surface area contributed by atoms with Crippen molar-refractivity contribution in [3.8, 4) is 5.88 Å². The van der Waals surface area contributed by atoms with Crippen molar-refractivity contribution in [2.45, 2.75) is 12.6 Å². The number of nitrogens with one attached hydrogen (secondary N) is 1. The molecule has 0 radical (unpaired) electrons. The molecule has 0 spiro atoms. The quantitative estimate of drug-likeness (QED) is 0.897. The van der Waals surface area contributed by atoms with Gasteiger partial charge in [0.25, 0.3) is 0 Å². The van der Waals surface area contributed by atoms with Gasteiger partial charge >= 0.3 is 6.18 Å². The number of ether oxygens (including phenoxy) is 1. The molecule has 0 aromatic carbocycles. The van der Waals surface area contributed by atoms with Crippen LogP contribution < -0.4 is 10.1 Å². The first kappa shape index (κ1) is 16.5. The number of alkyl halides is 3. The number of pyridine rings is 1. The van der Waals surface area contributed by atoms with Crippen molar-refractivity contribution in [3.63, 3.8) is 0 Å². The molecule has 0 aliphatic carbocycles. The van der Waals surface area contributed by atoms with Crippen LogP contribution in [0, 0.1) is 5.92 Å². The summed E-state index contributed by atoms with van der Waals surface area (Å²) in [6.07, 6.45) is -3.05. The number of nitrogens with zero attached hydrogens (tertiary/aromatic N) is 1. The predicted octanol–water partition coefficient (Wildman–Crippen LogP) is 1.40. The minimum absolute atomic E-state index is 0.0203. The van der Waals surface area contributed by atoms with Crippen molar-refractivity contribution >= 4 is 21.4 Å². The fourth-order valence-electron chi connectivity index (χ4n) is 1.94. The van der Waals surface area contributed by atoms with Crippen molar-refractivity contribution in [2.75, 3.05) is 23.4 Å². The lowest BCUT2D eigenvalue weighted by Gasteiger charge is -2.11. The molecule has 1 fully saturated rings. The zero-order chi connectivity index (χ0) is 16.4. The Morgan fingerprint density at radius 2 is 2.14 bits per heavy atom. The van der Waals surface area contributed by atoms with E-state index >= 15 is 0 Å². The maximum atomic E-state index is 12.0. The van der Waals surface area contributed by atoms with E-state index in [1.165, 1.54) is 12.1 Å². The summed E-state index contributed by atoms with van der Waals surface area (Å²) in [6.45, 7) is -1.45. The van der Waals surface area contributed by atoms with Crippen LogP contribution in [0.3, 0.4) is 0 Å². The highest BCUT2D eigenvalue weighted by Gasteiger charge is 2.33. The molecule has 1 aromatic heterocycles. The molecule has 0 bridgehead atoms. The van der Waals surface area contributed by atoms with E-state index in [2.05, 4.69) is 15.0 Å². The third-order valence-electron chi connectivity index (χ3n) is 2.99. The zero-order valence-corrected chi connectivity index (χ0v) is 12.1. The van der Waals surface area contributed by atoms with E-state index in [1.807, 2.05) is 0 Å². The van der Waals surface area contributed by atoms with Gasteiger partial charge in [-0.25, -0.2) is 13.4 Å². The topological polar surface area (TPSA) is 85.4 Å². The van der Waals surface area contributed by atoms with Crippen molar-refractivity contribution in [1.82, 2.24) is 4.98 Å². The molecule has 1 aliphatic rings. The molecular weight excluding hydrogens is 325 g/mol. The summed E-state index contributed by atoms with van der Waals surface area (Å²) in [4.78, 5) is 15.5. The molecule has 122 valence electrons. The lowest BCUT2D eigenvalue weighted by atomic mass is 10.1. The Hall–Kier alpha value is -1.84. The van der Waals surface area contributed by atoms with Crippen LogP contribution in [-0.2, 0) is 14.6 Å². The molecule has 6 nitrogen and oxygen atoms in total. The van der Waals surface area contributed by atoms with Gasteiger partial charge in [0.1, 0.15) is 0 Å². The minimum atomic E-state index is -4.46. The molecule has 22 heavy (non-hydrogen) atoms. The van der Waals surface area contributed by atoms with E-state index in [0.717, 1.165) is 6.20 Å². The van der Waals surface area contributed by atoms with Crippen LogP contribution in [0.2, 0.25) is 0 Å². The molecule has 1 atom stereocenters. The van der Waals surface area contributed by atoms with E-state index in [0.29, 0.717) is 0 Å². The summed E-state index contributed by atoms with van der Waals surface area (Å²) in [5, 5.41) is 2.48. The molecule has 0 saturated carbocycles. The van der Waals surface area contributed by atoms with Gasteiger partial charge in [-0.2, -0.15) is 13.2 Å². The van der Waals surface area contributed by atoms with Crippen LogP contribution >= 0.6 is 0 Å². The Morgan fingerprint density at radius 3 is 2.64 bits per heavy atom. The maximum Gasteiger partial charge on any atom is 0.422 e. The first-order chi connectivity index (χ1) is 10.1. The molecule has 1 aliphatic heterocycles. The van der Waals surface area contributed by atoms with Gasteiger partial charge in [-0.15, -0.1) is 0 Å². The average molecular weight is 338 g/mol. The van der Waals surface area contributed by atoms with Gasteiger partial charge in [-0.3, -0.25) is 4.79 Å². The van der Waals surface area contributed by atoms with Gasteiger partial charge in [0.2, 0.25) is 11.8 Å². The van der Waals surface area contributed by atoms with Gasteiger partial charge in [-0.1, -0.05) is 0 Å². The Morgan fingerprint density at radius 1 is 1.41 bits per heavy atom. The molecule has 2 rings (SSSR count). The summed E-state index contributed by atoms with van der Waals surface area (Å²) in [6, 6.07) is 2.52. The maximum absolute atomic E-state index is 12.0. The predicted molar refractivity (Wildman–Crippen MR) is 71.2 cm³/mol. The van der Waals surface area contributed by atoms with E-state index in [-0.39, 0.29) is 29.5 Å². The second kappa shape index (κ2) is 6.11. The van der Waals surface area contributed by atoms with Gasteiger partial charge in [0, 0.05) is 6.07 Å². The first-order valence-electron chi connectivity index (χ1n) is 6.31. The first-order valence-corrected chi connectivity index (χ1v) is 8.14. The number of anilines is 1. The van der Waals surface area contributed by atoms with E-state index in [1.54, 1.807) is 0 Å². The summed E-state index contributed by atoms with van der Waals surface area (Å²) in [5.74, 6) is -1.51. The van der Waals surface area contributed by atoms with Crippen LogP contribution in [0.15, 0.2) is 18.3 Å². The van der Waals surface area contributed by atoms with E-state index < -0.39 is 34.4 Å². The lowest BCUT2D eigenvalue weighted by molar-refractivity contribution is -0.154. The van der Waals surface area contributed by atoms with Crippen LogP contribution in [0.25, 0.3) is 0 Å². The number of hydrogen-bond donors (Lipinski definition) is 1. The van der Waals surface area contributed by atoms with Gasteiger partial charge in [-0.05, 0) is 12.5 Å². The normalized spacial score (nSPS) is 20.6. The number of aromatic nitrogens is 1. The molecule has 0 unspecified atom stereocenters. The fourth-order valence-corrected chi connectivity index (χ4v) is 3.68. The minimum Gasteiger partial charge on any atom is -0.468 e. The Balaban J connectivity index is 1.90. The second-order valence-corrected chi connectivity index (χ2v) is 7.11. The van der Waals surface area contributed by atoms with Gasteiger partial charge in [0.05, 0.1) is 29.3 Å². The highest BCUT2D eigenvalue weighted by Crippen LogP contribution is 2.21. The van der Waals surface area contributed by atoms with Crippen LogP contribution in [0.1, 0.15) is 6.42 Å². The summed E-state index contributed by atoms with van der Waals surface area (Å²) in [5.41, 5.74) is 0.258. The number of carbonyl (C=O) groups is 1. The summed E-state index contributed by atoms with van der Waals surface area (Å²) >= 11 is 0. The second-order valence-electron chi connectivity index (χ2n) is 4.88. The van der Waals surface area contributed by atoms with Crippen LogP contribution in [0.5, 0.6) is 5.88 Å². The highest BCUT2D eigenvalue weighted by molar-refractivity contribution is 7.91. The Kier molecular flexibility index (Phi) is 4.59. The van der Waals surface area contributed by atoms with Crippen molar-refractivity contribution in [3.05, 3.63) is 18.3 Å². The molecule has 10 heteroatoms. The third-order valence-corrected chi connectivity index (χ3v) is 4.76. The number of rotatable bonds is 4. The van der Waals surface area contributed by atoms with Crippen molar-refractivity contribution < 1.29 is 31.1 Å². The van der Waals surface area contributed by atoms with Crippen molar-refractivity contribution in [2.24, 2.45) is 5.92 Å². The fraction of sp³-hybridized carbons (Fsp3) is 0.500. The standard InChI is InChI=1S/C12H13F3N2O4S/c13-12(14,15)7-21-10-2-1-9(5-16-10)17-11(18)8-3-4-22(19,20)6-8/h1-2,5,8H,3-4,6-7H2,(H,17,18)/t8-/m0/s1. The van der Waals surface area contributed by atoms with E-state index in [9.17, 15) is 26.4 Å². The zero-order valence-electron chi connectivity index (χ0n) is 11.3. The molecule has 1 amide bonds. The summed E-state index contributed by atoms with van der Waals surface area (Å²) < 4.78 is 62.9. The third kappa shape index (κ3) is 4.86. The Bertz CT molecular complexity index is 643. The van der Waals surface area contributed by atoms with E-state index in [4.69, 9.17) is 0 Å².